The number of phenols is 1. The molecule has 1 fully saturated rings. The summed E-state index contributed by atoms with van der Waals surface area (Å²) in [5, 5.41) is 12.6. The molecule has 1 aromatic rings. The highest BCUT2D eigenvalue weighted by atomic mass is 79.9. The molecule has 0 unspecified atom stereocenters. The van der Waals surface area contributed by atoms with Crippen LogP contribution in [0.5, 0.6) is 5.75 Å². The van der Waals surface area contributed by atoms with Gasteiger partial charge >= 0.3 is 6.18 Å². The van der Waals surface area contributed by atoms with Gasteiger partial charge in [0, 0.05) is 36.2 Å². The molecule has 0 radical (unpaired) electrons. The van der Waals surface area contributed by atoms with Gasteiger partial charge in [-0.15, -0.1) is 0 Å². The number of hydrogen-bond donors (Lipinski definition) is 2. The highest BCUT2D eigenvalue weighted by molar-refractivity contribution is 9.10. The third-order valence-corrected chi connectivity index (χ3v) is 3.64. The molecule has 0 bridgehead atoms. The van der Waals surface area contributed by atoms with Crippen LogP contribution in [0, 0.1) is 5.82 Å². The van der Waals surface area contributed by atoms with Gasteiger partial charge in [0.2, 0.25) is 0 Å². The Balaban J connectivity index is 2.46. The van der Waals surface area contributed by atoms with Crippen LogP contribution in [0.2, 0.25) is 0 Å². The summed E-state index contributed by atoms with van der Waals surface area (Å²) >= 11 is 2.96. The summed E-state index contributed by atoms with van der Waals surface area (Å²) in [6.45, 7) is 1.20. The Kier molecular flexibility index (Phi) is 4.55. The average molecular weight is 357 g/mol. The number of aromatic hydroxyl groups is 1. The topological polar surface area (TPSA) is 35.5 Å². The van der Waals surface area contributed by atoms with Gasteiger partial charge in [-0.05, 0) is 12.1 Å². The van der Waals surface area contributed by atoms with E-state index in [2.05, 4.69) is 21.2 Å². The van der Waals surface area contributed by atoms with Crippen molar-refractivity contribution in [2.45, 2.75) is 12.2 Å². The van der Waals surface area contributed by atoms with Gasteiger partial charge in [0.1, 0.15) is 6.04 Å². The molecule has 0 saturated carbocycles. The first-order valence-electron chi connectivity index (χ1n) is 6.00. The summed E-state index contributed by atoms with van der Waals surface area (Å²) in [7, 11) is 0. The Morgan fingerprint density at radius 1 is 1.25 bits per heavy atom. The number of hydrogen-bond acceptors (Lipinski definition) is 3. The van der Waals surface area contributed by atoms with E-state index in [0.717, 1.165) is 12.1 Å². The van der Waals surface area contributed by atoms with E-state index in [4.69, 9.17) is 0 Å². The fourth-order valence-electron chi connectivity index (χ4n) is 2.31. The second-order valence-electron chi connectivity index (χ2n) is 4.56. The normalized spacial score (nSPS) is 19.1. The van der Waals surface area contributed by atoms with Crippen LogP contribution in [0.25, 0.3) is 0 Å². The number of halogens is 5. The molecule has 3 nitrogen and oxygen atoms in total. The lowest BCUT2D eigenvalue weighted by atomic mass is 10.0. The summed E-state index contributed by atoms with van der Waals surface area (Å²) in [4.78, 5) is 1.19. The third-order valence-electron chi connectivity index (χ3n) is 3.18. The van der Waals surface area contributed by atoms with Crippen LogP contribution in [-0.4, -0.2) is 42.4 Å². The van der Waals surface area contributed by atoms with E-state index in [1.54, 1.807) is 0 Å². The quantitative estimate of drug-likeness (QED) is 0.800. The minimum Gasteiger partial charge on any atom is -0.505 e. The fourth-order valence-corrected chi connectivity index (χ4v) is 2.76. The molecule has 8 heteroatoms. The molecule has 0 amide bonds. The Hall–Kier alpha value is -0.860. The number of benzene rings is 1. The monoisotopic (exact) mass is 356 g/mol. The predicted octanol–water partition coefficient (Wildman–Crippen LogP) is 2.80. The van der Waals surface area contributed by atoms with Gasteiger partial charge < -0.3 is 10.4 Å². The Morgan fingerprint density at radius 2 is 1.85 bits per heavy atom. The van der Waals surface area contributed by atoms with Crippen LogP contribution in [-0.2, 0) is 0 Å². The third kappa shape index (κ3) is 3.24. The molecule has 1 heterocycles. The maximum absolute atomic E-state index is 13.5. The first-order valence-corrected chi connectivity index (χ1v) is 6.79. The largest absolute Gasteiger partial charge is 0.505 e. The molecule has 0 aromatic heterocycles. The maximum Gasteiger partial charge on any atom is 0.408 e. The molecule has 2 N–H and O–H groups in total. The molecule has 1 atom stereocenters. The predicted molar refractivity (Wildman–Crippen MR) is 69.0 cm³/mol. The second kappa shape index (κ2) is 5.87. The molecular weight excluding hydrogens is 344 g/mol. The van der Waals surface area contributed by atoms with Crippen LogP contribution < -0.4 is 5.32 Å². The van der Waals surface area contributed by atoms with Crippen molar-refractivity contribution < 1.29 is 22.7 Å². The van der Waals surface area contributed by atoms with Gasteiger partial charge in [0.15, 0.2) is 11.6 Å². The van der Waals surface area contributed by atoms with Gasteiger partial charge in [0.05, 0.1) is 0 Å². The highest BCUT2D eigenvalue weighted by Gasteiger charge is 2.46. The number of alkyl halides is 3. The zero-order valence-electron chi connectivity index (χ0n) is 10.3. The zero-order valence-corrected chi connectivity index (χ0v) is 11.9. The SMILES string of the molecule is Oc1c(F)cc(Br)cc1[C@H](N1CCNCC1)C(F)(F)F. The smallest absolute Gasteiger partial charge is 0.408 e. The Bertz CT molecular complexity index is 489. The molecule has 1 aliphatic heterocycles. The molecule has 0 spiro atoms. The van der Waals surface area contributed by atoms with E-state index in [0.29, 0.717) is 13.1 Å². The molecule has 20 heavy (non-hydrogen) atoms. The number of rotatable bonds is 2. The minimum absolute atomic E-state index is 0.159. The van der Waals surface area contributed by atoms with Gasteiger partial charge in [-0.2, -0.15) is 13.2 Å². The van der Waals surface area contributed by atoms with Crippen LogP contribution in [0.1, 0.15) is 11.6 Å². The Labute approximate surface area is 121 Å². The van der Waals surface area contributed by atoms with E-state index in [1.165, 1.54) is 4.90 Å². The lowest BCUT2D eigenvalue weighted by Crippen LogP contribution is -2.49. The van der Waals surface area contributed by atoms with Crippen molar-refractivity contribution in [3.8, 4) is 5.75 Å². The van der Waals surface area contributed by atoms with E-state index in [9.17, 15) is 22.7 Å². The average Bonchev–Trinajstić information content (AvgIpc) is 2.35. The van der Waals surface area contributed by atoms with Gasteiger partial charge in [-0.3, -0.25) is 4.90 Å². The van der Waals surface area contributed by atoms with Crippen molar-refractivity contribution in [3.63, 3.8) is 0 Å². The summed E-state index contributed by atoms with van der Waals surface area (Å²) in [6.07, 6.45) is -4.60. The highest BCUT2D eigenvalue weighted by Crippen LogP contribution is 2.43. The lowest BCUT2D eigenvalue weighted by Gasteiger charge is -2.36. The number of nitrogens with one attached hydrogen (secondary N) is 1. The molecule has 1 saturated heterocycles. The van der Waals surface area contributed by atoms with E-state index < -0.39 is 29.3 Å². The summed E-state index contributed by atoms with van der Waals surface area (Å²) in [6, 6.07) is 0.0272. The van der Waals surface area contributed by atoms with Crippen LogP contribution >= 0.6 is 15.9 Å². The fraction of sp³-hybridized carbons (Fsp3) is 0.500. The molecular formula is C12H13BrF4N2O. The first kappa shape index (κ1) is 15.5. The first-order chi connectivity index (χ1) is 9.30. The number of phenolic OH excluding ortho intramolecular Hbond substituents is 1. The number of nitrogens with zero attached hydrogens (tertiary/aromatic N) is 1. The van der Waals surface area contributed by atoms with E-state index in [1.807, 2.05) is 0 Å². The van der Waals surface area contributed by atoms with Crippen LogP contribution in [0.4, 0.5) is 17.6 Å². The number of piperazine rings is 1. The standard InChI is InChI=1S/C12H13BrF4N2O/c13-7-5-8(10(20)9(14)6-7)11(12(15,16)17)19-3-1-18-2-4-19/h5-6,11,18,20H,1-4H2/t11-/m0/s1. The van der Waals surface area contributed by atoms with Crippen molar-refractivity contribution in [2.24, 2.45) is 0 Å². The second-order valence-corrected chi connectivity index (χ2v) is 5.47. The summed E-state index contributed by atoms with van der Waals surface area (Å²) in [5.74, 6) is -2.02. The van der Waals surface area contributed by atoms with E-state index in [-0.39, 0.29) is 17.6 Å². The molecule has 112 valence electrons. The Morgan fingerprint density at radius 3 is 2.40 bits per heavy atom. The van der Waals surface area contributed by atoms with Gasteiger partial charge in [0.25, 0.3) is 0 Å². The summed E-state index contributed by atoms with van der Waals surface area (Å²) in [5.41, 5.74) is -0.466. The van der Waals surface area contributed by atoms with Gasteiger partial charge in [-0.25, -0.2) is 4.39 Å². The van der Waals surface area contributed by atoms with E-state index >= 15 is 0 Å². The van der Waals surface area contributed by atoms with Crippen molar-refractivity contribution in [3.05, 3.63) is 28.0 Å². The zero-order chi connectivity index (χ0) is 14.9. The lowest BCUT2D eigenvalue weighted by molar-refractivity contribution is -0.188. The molecule has 1 aliphatic rings. The van der Waals surface area contributed by atoms with Crippen molar-refractivity contribution in [1.82, 2.24) is 10.2 Å². The molecule has 0 aliphatic carbocycles. The molecule has 1 aromatic carbocycles. The molecule has 2 rings (SSSR count). The maximum atomic E-state index is 13.5. The van der Waals surface area contributed by atoms with Crippen LogP contribution in [0.15, 0.2) is 16.6 Å². The van der Waals surface area contributed by atoms with Crippen LogP contribution in [0.3, 0.4) is 0 Å². The minimum atomic E-state index is -4.60. The van der Waals surface area contributed by atoms with Gasteiger partial charge in [-0.1, -0.05) is 15.9 Å². The van der Waals surface area contributed by atoms with Crippen molar-refractivity contribution in [1.29, 1.82) is 0 Å². The summed E-state index contributed by atoms with van der Waals surface area (Å²) < 4.78 is 53.6. The van der Waals surface area contributed by atoms with Crippen molar-refractivity contribution >= 4 is 15.9 Å². The van der Waals surface area contributed by atoms with Crippen molar-refractivity contribution in [2.75, 3.05) is 26.2 Å².